The van der Waals surface area contributed by atoms with Gasteiger partial charge in [-0.1, -0.05) is 277 Å². The topological polar surface area (TPSA) is 78.9 Å². The van der Waals surface area contributed by atoms with Crippen LogP contribution in [0.3, 0.4) is 0 Å². The van der Waals surface area contributed by atoms with Crippen LogP contribution < -0.4 is 0 Å². The van der Waals surface area contributed by atoms with Gasteiger partial charge in [0, 0.05) is 19.3 Å². The Hall–Kier alpha value is -4.19. The number of unbranched alkanes of at least 4 members (excludes halogenated alkanes) is 25. The van der Waals surface area contributed by atoms with Crippen LogP contribution in [0.4, 0.5) is 0 Å². The Morgan fingerprint density at radius 1 is 0.276 bits per heavy atom. The van der Waals surface area contributed by atoms with E-state index in [0.717, 1.165) is 103 Å². The molecule has 0 aromatic carbocycles. The maximum Gasteiger partial charge on any atom is 0.306 e. The molecule has 0 aromatic heterocycles. The molecule has 0 aromatic rings. The van der Waals surface area contributed by atoms with Crippen LogP contribution in [0, 0.1) is 0 Å². The second-order valence-corrected chi connectivity index (χ2v) is 20.6. The van der Waals surface area contributed by atoms with Gasteiger partial charge in [-0.15, -0.1) is 0 Å². The maximum absolute atomic E-state index is 12.9. The largest absolute Gasteiger partial charge is 0.462 e. The van der Waals surface area contributed by atoms with E-state index in [1.807, 2.05) is 0 Å². The van der Waals surface area contributed by atoms with E-state index in [1.165, 1.54) is 135 Å². The van der Waals surface area contributed by atoms with Gasteiger partial charge in [0.25, 0.3) is 0 Å². The van der Waals surface area contributed by atoms with Crippen molar-refractivity contribution in [3.8, 4) is 0 Å². The lowest BCUT2D eigenvalue weighted by Crippen LogP contribution is -2.30. The molecule has 0 aliphatic carbocycles. The van der Waals surface area contributed by atoms with Gasteiger partial charge in [0.15, 0.2) is 6.10 Å². The van der Waals surface area contributed by atoms with Crippen molar-refractivity contribution in [1.82, 2.24) is 0 Å². The molecule has 0 saturated carbocycles. The molecule has 6 nitrogen and oxygen atoms in total. The lowest BCUT2D eigenvalue weighted by Gasteiger charge is -2.18. The fraction of sp³-hybridized carbons (Fsp3) is 0.671. The molecule has 0 bridgehead atoms. The third-order valence-corrected chi connectivity index (χ3v) is 13.2. The number of esters is 3. The lowest BCUT2D eigenvalue weighted by molar-refractivity contribution is -0.167. The first-order valence-electron chi connectivity index (χ1n) is 31.5. The molecule has 0 radical (unpaired) electrons. The number of hydrogen-bond donors (Lipinski definition) is 0. The number of rotatable bonds is 56. The highest BCUT2D eigenvalue weighted by Crippen LogP contribution is 2.15. The van der Waals surface area contributed by atoms with E-state index in [-0.39, 0.29) is 37.5 Å². The molecule has 0 aliphatic rings. The Balaban J connectivity index is 4.38. The van der Waals surface area contributed by atoms with Crippen molar-refractivity contribution in [2.75, 3.05) is 13.2 Å². The summed E-state index contributed by atoms with van der Waals surface area (Å²) in [5, 5.41) is 0. The Kier molecular flexibility index (Phi) is 59.9. The fourth-order valence-corrected chi connectivity index (χ4v) is 8.50. The molecule has 0 N–H and O–H groups in total. The molecule has 0 fully saturated rings. The van der Waals surface area contributed by atoms with Crippen molar-refractivity contribution in [2.45, 2.75) is 290 Å². The zero-order valence-corrected chi connectivity index (χ0v) is 49.5. The molecule has 0 saturated heterocycles. The fourth-order valence-electron chi connectivity index (χ4n) is 8.50. The highest BCUT2D eigenvalue weighted by molar-refractivity contribution is 5.71. The molecular formula is C70H116O6. The molecule has 0 amide bonds. The maximum atomic E-state index is 12.9. The Bertz CT molecular complexity index is 1590. The zero-order valence-electron chi connectivity index (χ0n) is 49.5. The first kappa shape index (κ1) is 71.8. The first-order chi connectivity index (χ1) is 37.5. The third-order valence-electron chi connectivity index (χ3n) is 13.2. The van der Waals surface area contributed by atoms with E-state index in [0.29, 0.717) is 19.3 Å². The molecule has 432 valence electrons. The smallest absolute Gasteiger partial charge is 0.306 e. The molecule has 6 heteroatoms. The predicted molar refractivity (Wildman–Crippen MR) is 330 cm³/mol. The van der Waals surface area contributed by atoms with Gasteiger partial charge in [-0.05, 0) is 109 Å². The van der Waals surface area contributed by atoms with E-state index in [2.05, 4.69) is 142 Å². The average molecular weight is 1050 g/mol. The van der Waals surface area contributed by atoms with Crippen molar-refractivity contribution in [3.63, 3.8) is 0 Å². The second-order valence-electron chi connectivity index (χ2n) is 20.6. The van der Waals surface area contributed by atoms with E-state index >= 15 is 0 Å². The van der Waals surface area contributed by atoms with E-state index < -0.39 is 6.10 Å². The minimum Gasteiger partial charge on any atom is -0.462 e. The van der Waals surface area contributed by atoms with Crippen LogP contribution >= 0.6 is 0 Å². The van der Waals surface area contributed by atoms with Crippen molar-refractivity contribution < 1.29 is 28.6 Å². The first-order valence-corrected chi connectivity index (χ1v) is 31.5. The summed E-state index contributed by atoms with van der Waals surface area (Å²) in [7, 11) is 0. The van der Waals surface area contributed by atoms with Gasteiger partial charge in [-0.2, -0.15) is 0 Å². The molecule has 0 spiro atoms. The summed E-state index contributed by atoms with van der Waals surface area (Å²) >= 11 is 0. The summed E-state index contributed by atoms with van der Waals surface area (Å²) in [5.74, 6) is -0.966. The van der Waals surface area contributed by atoms with Gasteiger partial charge in [-0.3, -0.25) is 14.4 Å². The number of carbonyl (C=O) groups is 3. The summed E-state index contributed by atoms with van der Waals surface area (Å²) in [5.41, 5.74) is 0. The summed E-state index contributed by atoms with van der Waals surface area (Å²) in [4.78, 5) is 38.2. The van der Waals surface area contributed by atoms with Crippen LogP contribution in [-0.2, 0) is 28.6 Å². The number of ether oxygens (including phenoxy) is 3. The normalized spacial score (nSPS) is 12.9. The third kappa shape index (κ3) is 60.7. The van der Waals surface area contributed by atoms with Gasteiger partial charge in [-0.25, -0.2) is 0 Å². The summed E-state index contributed by atoms with van der Waals surface area (Å²) in [6, 6.07) is 0. The van der Waals surface area contributed by atoms with Gasteiger partial charge >= 0.3 is 17.9 Å². The van der Waals surface area contributed by atoms with Crippen LogP contribution in [0.2, 0.25) is 0 Å². The standard InChI is InChI=1S/C70H116O6/c1-4-7-10-13-16-19-22-24-26-28-30-32-34-35-37-38-40-42-44-46-48-51-54-57-60-63-69(72)75-66-67(65-74-68(71)62-59-56-53-50-21-18-15-12-9-6-3)76-70(73)64-61-58-55-52-49-47-45-43-41-39-36-33-31-29-27-25-23-20-17-14-11-8-5-2/h8,11,17,20,22,24-25,27-28,30-31,33-35,39,41,45,47,52,55,67H,4-7,9-10,12-16,18-19,21,23,26,29,32,36-38,40,42-44,46,48-51,53-54,56-66H2,1-3H3/b11-8-,20-17-,24-22-,27-25-,30-28-,33-31-,35-34-,41-39-,47-45-,55-52-. The van der Waals surface area contributed by atoms with Crippen molar-refractivity contribution >= 4 is 17.9 Å². The van der Waals surface area contributed by atoms with E-state index in [1.54, 1.807) is 0 Å². The molecule has 76 heavy (non-hydrogen) atoms. The van der Waals surface area contributed by atoms with Crippen LogP contribution in [0.5, 0.6) is 0 Å². The van der Waals surface area contributed by atoms with Gasteiger partial charge < -0.3 is 14.2 Å². The van der Waals surface area contributed by atoms with Crippen LogP contribution in [0.15, 0.2) is 122 Å². The van der Waals surface area contributed by atoms with Crippen LogP contribution in [0.1, 0.15) is 284 Å². The Labute approximate surface area is 469 Å². The van der Waals surface area contributed by atoms with Crippen molar-refractivity contribution in [2.24, 2.45) is 0 Å². The van der Waals surface area contributed by atoms with Crippen LogP contribution in [0.25, 0.3) is 0 Å². The zero-order chi connectivity index (χ0) is 55.0. The molecule has 1 atom stereocenters. The molecule has 0 rings (SSSR count). The number of carbonyl (C=O) groups excluding carboxylic acids is 3. The van der Waals surface area contributed by atoms with E-state index in [9.17, 15) is 14.4 Å². The highest BCUT2D eigenvalue weighted by atomic mass is 16.6. The predicted octanol–water partition coefficient (Wildman–Crippen LogP) is 21.6. The Morgan fingerprint density at radius 2 is 0.526 bits per heavy atom. The summed E-state index contributed by atoms with van der Waals surface area (Å²) in [6.45, 7) is 6.46. The molecule has 0 heterocycles. The molecule has 1 unspecified atom stereocenters. The summed E-state index contributed by atoms with van der Waals surface area (Å²) in [6.07, 6.45) is 87.8. The van der Waals surface area contributed by atoms with Crippen LogP contribution in [-0.4, -0.2) is 37.2 Å². The average Bonchev–Trinajstić information content (AvgIpc) is 3.42. The van der Waals surface area contributed by atoms with Gasteiger partial charge in [0.1, 0.15) is 13.2 Å². The summed E-state index contributed by atoms with van der Waals surface area (Å²) < 4.78 is 16.8. The van der Waals surface area contributed by atoms with Gasteiger partial charge in [0.2, 0.25) is 0 Å². The minimum absolute atomic E-state index is 0.103. The van der Waals surface area contributed by atoms with E-state index in [4.69, 9.17) is 14.2 Å². The Morgan fingerprint density at radius 3 is 0.842 bits per heavy atom. The minimum atomic E-state index is -0.812. The number of allylic oxidation sites excluding steroid dienone is 20. The number of hydrogen-bond acceptors (Lipinski definition) is 6. The monoisotopic (exact) mass is 1050 g/mol. The quantitative estimate of drug-likeness (QED) is 0.0261. The van der Waals surface area contributed by atoms with Gasteiger partial charge in [0.05, 0.1) is 0 Å². The molecular weight excluding hydrogens is 937 g/mol. The lowest BCUT2D eigenvalue weighted by atomic mass is 10.1. The SMILES string of the molecule is CC/C=C\C/C=C\C/C=C\C/C=C\C/C=C\C/C=C\C/C=C\CCCC(=O)OC(COC(=O)CCCCCCCCCCCC)COC(=O)CCCCCCCCCCCC/C=C\C/C=C\C/C=C\CCCCCCC. The molecule has 0 aliphatic heterocycles. The highest BCUT2D eigenvalue weighted by Gasteiger charge is 2.19. The van der Waals surface area contributed by atoms with Crippen molar-refractivity contribution in [1.29, 1.82) is 0 Å². The second kappa shape index (κ2) is 63.3. The van der Waals surface area contributed by atoms with Crippen molar-refractivity contribution in [3.05, 3.63) is 122 Å².